The van der Waals surface area contributed by atoms with E-state index in [-0.39, 0.29) is 5.91 Å². The van der Waals surface area contributed by atoms with Gasteiger partial charge in [0.05, 0.1) is 17.2 Å². The lowest BCUT2D eigenvalue weighted by Crippen LogP contribution is -2.34. The van der Waals surface area contributed by atoms with E-state index in [1.165, 1.54) is 0 Å². The van der Waals surface area contributed by atoms with E-state index in [2.05, 4.69) is 10.2 Å². The number of hydrogen-bond donors (Lipinski definition) is 2. The Morgan fingerprint density at radius 3 is 2.84 bits per heavy atom. The van der Waals surface area contributed by atoms with E-state index in [0.717, 1.165) is 13.1 Å². The average molecular weight is 286 g/mol. The summed E-state index contributed by atoms with van der Waals surface area (Å²) < 4.78 is 4.98. The number of halogens is 1. The van der Waals surface area contributed by atoms with E-state index in [1.807, 2.05) is 7.05 Å². The van der Waals surface area contributed by atoms with Crippen LogP contribution in [0, 0.1) is 0 Å². The number of carbonyl (C=O) groups is 1. The van der Waals surface area contributed by atoms with Crippen LogP contribution in [0.25, 0.3) is 0 Å². The lowest BCUT2D eigenvalue weighted by Gasteiger charge is -2.16. The molecule has 0 fully saturated rings. The minimum absolute atomic E-state index is 0.190. The van der Waals surface area contributed by atoms with Crippen molar-refractivity contribution < 1.29 is 9.53 Å². The summed E-state index contributed by atoms with van der Waals surface area (Å²) in [5, 5.41) is 3.19. The van der Waals surface area contributed by atoms with Gasteiger partial charge in [-0.2, -0.15) is 0 Å². The second kappa shape index (κ2) is 7.99. The fourth-order valence-electron chi connectivity index (χ4n) is 1.53. The Kier molecular flexibility index (Phi) is 6.62. The minimum Gasteiger partial charge on any atom is -0.399 e. The summed E-state index contributed by atoms with van der Waals surface area (Å²) in [6, 6.07) is 4.86. The maximum Gasteiger partial charge on any atom is 0.252 e. The molecule has 0 radical (unpaired) electrons. The van der Waals surface area contributed by atoms with E-state index < -0.39 is 0 Å². The summed E-state index contributed by atoms with van der Waals surface area (Å²) in [4.78, 5) is 14.0. The molecule has 0 spiro atoms. The number of nitrogens with one attached hydrogen (secondary N) is 1. The monoisotopic (exact) mass is 285 g/mol. The molecule has 106 valence electrons. The molecule has 0 unspecified atom stereocenters. The number of benzene rings is 1. The maximum atomic E-state index is 11.9. The average Bonchev–Trinajstić information content (AvgIpc) is 2.36. The van der Waals surface area contributed by atoms with Crippen molar-refractivity contribution in [3.8, 4) is 0 Å². The molecule has 1 aromatic rings. The number of ether oxygens (including phenoxy) is 1. The number of anilines is 1. The van der Waals surface area contributed by atoms with Gasteiger partial charge in [-0.3, -0.25) is 4.79 Å². The molecule has 19 heavy (non-hydrogen) atoms. The van der Waals surface area contributed by atoms with Crippen molar-refractivity contribution in [1.82, 2.24) is 10.2 Å². The summed E-state index contributed by atoms with van der Waals surface area (Å²) in [6.45, 7) is 2.81. The van der Waals surface area contributed by atoms with Gasteiger partial charge in [-0.15, -0.1) is 0 Å². The molecule has 0 aliphatic rings. The number of hydrogen-bond acceptors (Lipinski definition) is 4. The van der Waals surface area contributed by atoms with Crippen LogP contribution in [0.5, 0.6) is 0 Å². The quantitative estimate of drug-likeness (QED) is 0.740. The first-order valence-corrected chi connectivity index (χ1v) is 6.43. The summed E-state index contributed by atoms with van der Waals surface area (Å²) in [7, 11) is 3.64. The zero-order valence-corrected chi connectivity index (χ0v) is 12.0. The number of amides is 1. The van der Waals surface area contributed by atoms with E-state index in [0.29, 0.717) is 29.4 Å². The van der Waals surface area contributed by atoms with Crippen LogP contribution in [0.2, 0.25) is 5.02 Å². The molecule has 0 heterocycles. The van der Waals surface area contributed by atoms with Gasteiger partial charge in [-0.1, -0.05) is 11.6 Å². The van der Waals surface area contributed by atoms with Crippen LogP contribution in [-0.4, -0.2) is 51.2 Å². The molecule has 1 amide bonds. The van der Waals surface area contributed by atoms with Crippen LogP contribution in [0.4, 0.5) is 5.69 Å². The number of carbonyl (C=O) groups excluding carboxylic acids is 1. The number of nitrogens with zero attached hydrogens (tertiary/aromatic N) is 1. The highest BCUT2D eigenvalue weighted by Crippen LogP contribution is 2.18. The molecule has 0 saturated carbocycles. The topological polar surface area (TPSA) is 67.6 Å². The Bertz CT molecular complexity index is 426. The molecule has 0 aromatic heterocycles. The molecule has 0 bridgehead atoms. The molecule has 0 aliphatic heterocycles. The zero-order valence-electron chi connectivity index (χ0n) is 11.3. The van der Waals surface area contributed by atoms with Crippen molar-refractivity contribution >= 4 is 23.2 Å². The van der Waals surface area contributed by atoms with E-state index in [1.54, 1.807) is 25.3 Å². The van der Waals surface area contributed by atoms with Gasteiger partial charge in [-0.25, -0.2) is 0 Å². The van der Waals surface area contributed by atoms with Gasteiger partial charge in [0, 0.05) is 32.4 Å². The van der Waals surface area contributed by atoms with Crippen molar-refractivity contribution in [2.75, 3.05) is 46.1 Å². The van der Waals surface area contributed by atoms with Gasteiger partial charge in [0.2, 0.25) is 0 Å². The second-order valence-corrected chi connectivity index (χ2v) is 4.70. The number of likely N-dealkylation sites (N-methyl/N-ethyl adjacent to an activating group) is 1. The van der Waals surface area contributed by atoms with E-state index in [9.17, 15) is 4.79 Å². The molecule has 3 N–H and O–H groups in total. The smallest absolute Gasteiger partial charge is 0.252 e. The van der Waals surface area contributed by atoms with Crippen molar-refractivity contribution in [3.05, 3.63) is 28.8 Å². The Hall–Kier alpha value is -1.30. The Balaban J connectivity index is 2.39. The zero-order chi connectivity index (χ0) is 14.3. The first kappa shape index (κ1) is 15.8. The Morgan fingerprint density at radius 1 is 1.47 bits per heavy atom. The van der Waals surface area contributed by atoms with E-state index in [4.69, 9.17) is 22.1 Å². The van der Waals surface area contributed by atoms with Gasteiger partial charge in [0.25, 0.3) is 5.91 Å². The van der Waals surface area contributed by atoms with Crippen LogP contribution in [0.3, 0.4) is 0 Å². The Morgan fingerprint density at radius 2 is 2.21 bits per heavy atom. The summed E-state index contributed by atoms with van der Waals surface area (Å²) in [6.07, 6.45) is 0. The minimum atomic E-state index is -0.190. The number of rotatable bonds is 7. The van der Waals surface area contributed by atoms with Crippen LogP contribution in [0.15, 0.2) is 18.2 Å². The normalized spacial score (nSPS) is 10.7. The highest BCUT2D eigenvalue weighted by Gasteiger charge is 2.10. The number of nitrogens with two attached hydrogens (primary N) is 1. The maximum absolute atomic E-state index is 11.9. The summed E-state index contributed by atoms with van der Waals surface area (Å²) in [5.41, 5.74) is 6.56. The molecule has 1 rings (SSSR count). The van der Waals surface area contributed by atoms with Gasteiger partial charge in [0.15, 0.2) is 0 Å². The molecule has 1 aromatic carbocycles. The largest absolute Gasteiger partial charge is 0.399 e. The highest BCUT2D eigenvalue weighted by molar-refractivity contribution is 6.34. The fraction of sp³-hybridized carbons (Fsp3) is 0.462. The standard InChI is InChI=1S/C13H20ClN3O2/c1-17(7-8-19-2)6-5-16-13(18)11-4-3-10(15)9-12(11)14/h3-4,9H,5-8,15H2,1-2H3,(H,16,18). The van der Waals surface area contributed by atoms with Crippen LogP contribution in [0.1, 0.15) is 10.4 Å². The molecule has 0 saturated heterocycles. The molecular formula is C13H20ClN3O2. The molecular weight excluding hydrogens is 266 g/mol. The lowest BCUT2D eigenvalue weighted by molar-refractivity contribution is 0.0947. The van der Waals surface area contributed by atoms with Crippen LogP contribution in [-0.2, 0) is 4.74 Å². The van der Waals surface area contributed by atoms with Crippen molar-refractivity contribution in [2.24, 2.45) is 0 Å². The fourth-order valence-corrected chi connectivity index (χ4v) is 1.80. The van der Waals surface area contributed by atoms with Crippen molar-refractivity contribution in [3.63, 3.8) is 0 Å². The van der Waals surface area contributed by atoms with Crippen molar-refractivity contribution in [2.45, 2.75) is 0 Å². The SMILES string of the molecule is COCCN(C)CCNC(=O)c1ccc(N)cc1Cl. The number of methoxy groups -OCH3 is 1. The first-order valence-electron chi connectivity index (χ1n) is 6.05. The summed E-state index contributed by atoms with van der Waals surface area (Å²) >= 11 is 5.97. The highest BCUT2D eigenvalue weighted by atomic mass is 35.5. The van der Waals surface area contributed by atoms with Gasteiger partial charge in [-0.05, 0) is 25.2 Å². The predicted octanol–water partition coefficient (Wildman–Crippen LogP) is 1.23. The first-order chi connectivity index (χ1) is 9.04. The Labute approximate surface area is 118 Å². The molecule has 5 nitrogen and oxygen atoms in total. The van der Waals surface area contributed by atoms with Crippen LogP contribution < -0.4 is 11.1 Å². The van der Waals surface area contributed by atoms with Crippen molar-refractivity contribution in [1.29, 1.82) is 0 Å². The van der Waals surface area contributed by atoms with Gasteiger partial charge < -0.3 is 20.7 Å². The van der Waals surface area contributed by atoms with Crippen LogP contribution >= 0.6 is 11.6 Å². The molecule has 0 aliphatic carbocycles. The second-order valence-electron chi connectivity index (χ2n) is 4.29. The van der Waals surface area contributed by atoms with Gasteiger partial charge >= 0.3 is 0 Å². The lowest BCUT2D eigenvalue weighted by atomic mass is 10.2. The third-order valence-electron chi connectivity index (χ3n) is 2.69. The summed E-state index contributed by atoms with van der Waals surface area (Å²) in [5.74, 6) is -0.190. The third-order valence-corrected chi connectivity index (χ3v) is 3.01. The molecule has 6 heteroatoms. The van der Waals surface area contributed by atoms with E-state index >= 15 is 0 Å². The predicted molar refractivity (Wildman–Crippen MR) is 77.6 cm³/mol. The third kappa shape index (κ3) is 5.46. The number of nitrogen functional groups attached to an aromatic ring is 1. The van der Waals surface area contributed by atoms with Gasteiger partial charge in [0.1, 0.15) is 0 Å². The molecule has 0 atom stereocenters.